The summed E-state index contributed by atoms with van der Waals surface area (Å²) in [4.78, 5) is 24.4. The number of benzene rings is 2. The van der Waals surface area contributed by atoms with E-state index in [1.807, 2.05) is 43.3 Å². The van der Waals surface area contributed by atoms with Gasteiger partial charge in [0.25, 0.3) is 0 Å². The average Bonchev–Trinajstić information content (AvgIpc) is 2.94. The van der Waals surface area contributed by atoms with Crippen LogP contribution in [0.25, 0.3) is 21.7 Å². The minimum Gasteiger partial charge on any atom is -0.448 e. The largest absolute Gasteiger partial charge is 0.448 e. The minimum atomic E-state index is -0.629. The van der Waals surface area contributed by atoms with Gasteiger partial charge in [-0.05, 0) is 31.6 Å². The maximum atomic E-state index is 12.5. The van der Waals surface area contributed by atoms with E-state index in [9.17, 15) is 9.59 Å². The lowest BCUT2D eigenvalue weighted by atomic mass is 9.96. The molecular weight excluding hydrogens is 304 g/mol. The molecular formula is C20H18O4. The van der Waals surface area contributed by atoms with E-state index < -0.39 is 12.1 Å². The molecule has 0 saturated heterocycles. The highest BCUT2D eigenvalue weighted by molar-refractivity contribution is 6.08. The Hall–Kier alpha value is -2.62. The Morgan fingerprint density at radius 3 is 2.79 bits per heavy atom. The van der Waals surface area contributed by atoms with Gasteiger partial charge in [0.2, 0.25) is 5.76 Å². The van der Waals surface area contributed by atoms with Crippen molar-refractivity contribution in [2.24, 2.45) is 0 Å². The number of carbonyl (C=O) groups is 2. The summed E-state index contributed by atoms with van der Waals surface area (Å²) in [6, 6.07) is 11.9. The normalized spacial score (nSPS) is 18.2. The van der Waals surface area contributed by atoms with Crippen molar-refractivity contribution in [2.75, 3.05) is 0 Å². The molecule has 1 atom stereocenters. The SMILES string of the molecule is Cc1c(C(=O)OC2CCCCC2=O)oc2c1ccc1ccccc12. The van der Waals surface area contributed by atoms with Gasteiger partial charge in [-0.3, -0.25) is 4.79 Å². The van der Waals surface area contributed by atoms with E-state index in [-0.39, 0.29) is 11.5 Å². The van der Waals surface area contributed by atoms with Crippen LogP contribution in [0.1, 0.15) is 41.8 Å². The van der Waals surface area contributed by atoms with Gasteiger partial charge in [0.05, 0.1) is 0 Å². The zero-order valence-electron chi connectivity index (χ0n) is 13.5. The molecule has 1 fully saturated rings. The highest BCUT2D eigenvalue weighted by Gasteiger charge is 2.29. The van der Waals surface area contributed by atoms with Gasteiger partial charge in [-0.25, -0.2) is 4.79 Å². The number of Topliss-reactive ketones (excluding diaryl/α,β-unsaturated/α-hetero) is 1. The zero-order chi connectivity index (χ0) is 16.7. The summed E-state index contributed by atoms with van der Waals surface area (Å²) in [5, 5.41) is 2.92. The molecule has 4 rings (SSSR count). The summed E-state index contributed by atoms with van der Waals surface area (Å²) >= 11 is 0. The van der Waals surface area contributed by atoms with E-state index in [4.69, 9.17) is 9.15 Å². The van der Waals surface area contributed by atoms with Gasteiger partial charge in [-0.2, -0.15) is 0 Å². The van der Waals surface area contributed by atoms with Crippen LogP contribution in [0.3, 0.4) is 0 Å². The number of hydrogen-bond donors (Lipinski definition) is 0. The van der Waals surface area contributed by atoms with Crippen molar-refractivity contribution in [1.82, 2.24) is 0 Å². The summed E-state index contributed by atoms with van der Waals surface area (Å²) in [7, 11) is 0. The van der Waals surface area contributed by atoms with Crippen molar-refractivity contribution in [3.63, 3.8) is 0 Å². The van der Waals surface area contributed by atoms with Gasteiger partial charge in [-0.1, -0.05) is 36.4 Å². The fourth-order valence-electron chi connectivity index (χ4n) is 3.40. The van der Waals surface area contributed by atoms with Gasteiger partial charge >= 0.3 is 5.97 Å². The maximum absolute atomic E-state index is 12.5. The highest BCUT2D eigenvalue weighted by atomic mass is 16.6. The summed E-state index contributed by atoms with van der Waals surface area (Å²) in [6.45, 7) is 1.85. The quantitative estimate of drug-likeness (QED) is 0.649. The standard InChI is InChI=1S/C20H18O4/c1-12-14-11-10-13-6-2-3-7-15(13)19(14)24-18(12)20(22)23-17-9-5-4-8-16(17)21/h2-3,6-7,10-11,17H,4-5,8-9H2,1H3. The number of carbonyl (C=O) groups excluding carboxylic acids is 2. The van der Waals surface area contributed by atoms with Gasteiger partial charge in [0, 0.05) is 22.8 Å². The molecule has 0 amide bonds. The third kappa shape index (κ3) is 2.39. The molecule has 1 saturated carbocycles. The van der Waals surface area contributed by atoms with E-state index in [1.165, 1.54) is 0 Å². The van der Waals surface area contributed by atoms with Crippen LogP contribution in [0.4, 0.5) is 0 Å². The van der Waals surface area contributed by atoms with Gasteiger partial charge in [0.15, 0.2) is 11.9 Å². The van der Waals surface area contributed by atoms with E-state index >= 15 is 0 Å². The molecule has 1 aliphatic carbocycles. The van der Waals surface area contributed by atoms with Crippen LogP contribution in [0.5, 0.6) is 0 Å². The molecule has 0 radical (unpaired) electrons. The Labute approximate surface area is 139 Å². The van der Waals surface area contributed by atoms with Crippen molar-refractivity contribution in [1.29, 1.82) is 0 Å². The summed E-state index contributed by atoms with van der Waals surface area (Å²) in [5.41, 5.74) is 1.44. The second-order valence-electron chi connectivity index (χ2n) is 6.33. The van der Waals surface area contributed by atoms with E-state index in [1.54, 1.807) is 0 Å². The number of rotatable bonds is 2. The van der Waals surface area contributed by atoms with Crippen molar-refractivity contribution in [3.8, 4) is 0 Å². The first-order valence-electron chi connectivity index (χ1n) is 8.29. The van der Waals surface area contributed by atoms with E-state index in [0.717, 1.165) is 34.6 Å². The van der Waals surface area contributed by atoms with Gasteiger partial charge in [-0.15, -0.1) is 0 Å². The second kappa shape index (κ2) is 5.78. The number of ketones is 1. The Bertz CT molecular complexity index is 951. The third-order valence-electron chi connectivity index (χ3n) is 4.76. The molecule has 0 N–H and O–H groups in total. The first-order valence-corrected chi connectivity index (χ1v) is 8.29. The van der Waals surface area contributed by atoms with Crippen LogP contribution >= 0.6 is 0 Å². The molecule has 1 unspecified atom stereocenters. The number of hydrogen-bond acceptors (Lipinski definition) is 4. The van der Waals surface area contributed by atoms with Crippen molar-refractivity contribution in [3.05, 3.63) is 47.7 Å². The van der Waals surface area contributed by atoms with Crippen LogP contribution in [0, 0.1) is 6.92 Å². The van der Waals surface area contributed by atoms with Crippen LogP contribution in [0.15, 0.2) is 40.8 Å². The Morgan fingerprint density at radius 2 is 1.96 bits per heavy atom. The fourth-order valence-corrected chi connectivity index (χ4v) is 3.40. The summed E-state index contributed by atoms with van der Waals surface area (Å²) < 4.78 is 11.3. The Kier molecular flexibility index (Phi) is 3.60. The van der Waals surface area contributed by atoms with Crippen LogP contribution in [-0.2, 0) is 9.53 Å². The van der Waals surface area contributed by atoms with Crippen LogP contribution < -0.4 is 0 Å². The van der Waals surface area contributed by atoms with E-state index in [2.05, 4.69) is 0 Å². The lowest BCUT2D eigenvalue weighted by Gasteiger charge is -2.20. The molecule has 3 aromatic rings. The second-order valence-corrected chi connectivity index (χ2v) is 6.33. The van der Waals surface area contributed by atoms with Crippen molar-refractivity contribution >= 4 is 33.5 Å². The number of aryl methyl sites for hydroxylation is 1. The molecule has 2 aromatic carbocycles. The summed E-state index contributed by atoms with van der Waals surface area (Å²) in [6.07, 6.45) is 2.25. The molecule has 4 nitrogen and oxygen atoms in total. The first-order chi connectivity index (χ1) is 11.6. The lowest BCUT2D eigenvalue weighted by Crippen LogP contribution is -2.30. The predicted octanol–water partition coefficient (Wildman–Crippen LogP) is 4.56. The van der Waals surface area contributed by atoms with Crippen LogP contribution in [-0.4, -0.2) is 17.9 Å². The van der Waals surface area contributed by atoms with Gasteiger partial charge < -0.3 is 9.15 Å². The Morgan fingerprint density at radius 1 is 1.12 bits per heavy atom. The first kappa shape index (κ1) is 14.9. The Balaban J connectivity index is 1.73. The molecule has 0 aliphatic heterocycles. The number of esters is 1. The maximum Gasteiger partial charge on any atom is 0.375 e. The van der Waals surface area contributed by atoms with E-state index in [0.29, 0.717) is 18.4 Å². The molecule has 4 heteroatoms. The summed E-state index contributed by atoms with van der Waals surface area (Å²) in [5.74, 6) is -0.346. The molecule has 1 aromatic heterocycles. The lowest BCUT2D eigenvalue weighted by molar-refractivity contribution is -0.130. The average molecular weight is 322 g/mol. The monoisotopic (exact) mass is 322 g/mol. The minimum absolute atomic E-state index is 0.00816. The smallest absolute Gasteiger partial charge is 0.375 e. The highest BCUT2D eigenvalue weighted by Crippen LogP contribution is 2.32. The molecule has 1 aliphatic rings. The third-order valence-corrected chi connectivity index (χ3v) is 4.76. The molecule has 0 spiro atoms. The predicted molar refractivity (Wildman–Crippen MR) is 91.1 cm³/mol. The van der Waals surface area contributed by atoms with Gasteiger partial charge in [0.1, 0.15) is 5.58 Å². The topological polar surface area (TPSA) is 56.5 Å². The van der Waals surface area contributed by atoms with Crippen molar-refractivity contribution < 1.29 is 18.7 Å². The fraction of sp³-hybridized carbons (Fsp3) is 0.300. The molecule has 0 bridgehead atoms. The number of ether oxygens (including phenoxy) is 1. The molecule has 1 heterocycles. The number of fused-ring (bicyclic) bond motifs is 3. The zero-order valence-corrected chi connectivity index (χ0v) is 13.5. The number of furan rings is 1. The molecule has 24 heavy (non-hydrogen) atoms. The molecule has 122 valence electrons. The van der Waals surface area contributed by atoms with Crippen molar-refractivity contribution in [2.45, 2.75) is 38.7 Å². The van der Waals surface area contributed by atoms with Crippen LogP contribution in [0.2, 0.25) is 0 Å².